The van der Waals surface area contributed by atoms with Crippen molar-refractivity contribution in [2.75, 3.05) is 40.0 Å². The molecule has 0 N–H and O–H groups in total. The summed E-state index contributed by atoms with van der Waals surface area (Å²) in [5.74, 6) is 1.61. The van der Waals surface area contributed by atoms with Crippen molar-refractivity contribution in [2.24, 2.45) is 5.41 Å². The molecule has 128 valence electrons. The molecule has 1 aromatic rings. The van der Waals surface area contributed by atoms with Gasteiger partial charge in [0.2, 0.25) is 17.7 Å². The molecule has 1 aromatic heterocycles. The van der Waals surface area contributed by atoms with E-state index in [0.717, 1.165) is 12.8 Å². The number of carbonyl (C=O) groups excluding carboxylic acids is 1. The molecule has 1 spiro atoms. The van der Waals surface area contributed by atoms with Crippen LogP contribution >= 0.6 is 0 Å². The van der Waals surface area contributed by atoms with Gasteiger partial charge in [-0.25, -0.2) is 0 Å². The van der Waals surface area contributed by atoms with Gasteiger partial charge in [-0.3, -0.25) is 4.79 Å². The van der Waals surface area contributed by atoms with Crippen LogP contribution in [0.2, 0.25) is 0 Å². The molecule has 1 unspecified atom stereocenters. The van der Waals surface area contributed by atoms with E-state index in [4.69, 9.17) is 13.9 Å². The molecule has 1 amide bonds. The molecule has 0 aliphatic carbocycles. The lowest BCUT2D eigenvalue weighted by molar-refractivity contribution is -0.134. The molecule has 23 heavy (non-hydrogen) atoms. The monoisotopic (exact) mass is 323 g/mol. The number of hydrogen-bond acceptors (Lipinski definition) is 6. The Morgan fingerprint density at radius 2 is 2.13 bits per heavy atom. The van der Waals surface area contributed by atoms with Crippen molar-refractivity contribution in [3.63, 3.8) is 0 Å². The molecule has 0 saturated carbocycles. The maximum Gasteiger partial charge on any atom is 0.248 e. The fourth-order valence-electron chi connectivity index (χ4n) is 3.62. The summed E-state index contributed by atoms with van der Waals surface area (Å²) in [6, 6.07) is 0. The summed E-state index contributed by atoms with van der Waals surface area (Å²) >= 11 is 0. The third-order valence-corrected chi connectivity index (χ3v) is 5.01. The van der Waals surface area contributed by atoms with E-state index in [1.807, 2.05) is 18.7 Å². The van der Waals surface area contributed by atoms with Gasteiger partial charge in [-0.05, 0) is 12.8 Å². The first-order valence-corrected chi connectivity index (χ1v) is 8.23. The van der Waals surface area contributed by atoms with E-state index >= 15 is 0 Å². The summed E-state index contributed by atoms with van der Waals surface area (Å²) < 4.78 is 16.4. The van der Waals surface area contributed by atoms with Crippen molar-refractivity contribution in [2.45, 2.75) is 38.5 Å². The zero-order chi connectivity index (χ0) is 16.4. The highest BCUT2D eigenvalue weighted by molar-refractivity contribution is 5.78. The Morgan fingerprint density at radius 3 is 2.74 bits per heavy atom. The van der Waals surface area contributed by atoms with Gasteiger partial charge in [0, 0.05) is 44.7 Å². The topological polar surface area (TPSA) is 77.7 Å². The van der Waals surface area contributed by atoms with E-state index in [0.29, 0.717) is 38.1 Å². The van der Waals surface area contributed by atoms with E-state index in [-0.39, 0.29) is 29.8 Å². The van der Waals surface area contributed by atoms with Crippen molar-refractivity contribution in [1.82, 2.24) is 15.1 Å². The lowest BCUT2D eigenvalue weighted by Gasteiger charge is -2.36. The molecule has 0 radical (unpaired) electrons. The average Bonchev–Trinajstić information content (AvgIpc) is 3.14. The molecule has 0 aromatic carbocycles. The van der Waals surface area contributed by atoms with Gasteiger partial charge >= 0.3 is 0 Å². The Labute approximate surface area is 136 Å². The van der Waals surface area contributed by atoms with Gasteiger partial charge in [0.15, 0.2) is 0 Å². The Balaban J connectivity index is 1.86. The third-order valence-electron chi connectivity index (χ3n) is 5.01. The molecule has 7 nitrogen and oxygen atoms in total. The predicted molar refractivity (Wildman–Crippen MR) is 82.1 cm³/mol. The number of nitrogens with zero attached hydrogens (tertiary/aromatic N) is 3. The zero-order valence-corrected chi connectivity index (χ0v) is 14.1. The number of amides is 1. The number of likely N-dealkylation sites (tertiary alicyclic amines) is 1. The summed E-state index contributed by atoms with van der Waals surface area (Å²) in [5, 5.41) is 8.45. The van der Waals surface area contributed by atoms with Crippen LogP contribution in [-0.2, 0) is 14.3 Å². The van der Waals surface area contributed by atoms with Gasteiger partial charge in [-0.2, -0.15) is 0 Å². The standard InChI is InChI=1S/C16H25N3O4/c1-11(2)14-17-18-15(23-14)12-8-19(13(20)9-21-3)10-16(12)4-6-22-7-5-16/h11-12H,4-10H2,1-3H3. The van der Waals surface area contributed by atoms with Crippen LogP contribution in [0.1, 0.15) is 50.3 Å². The number of rotatable bonds is 4. The van der Waals surface area contributed by atoms with E-state index < -0.39 is 0 Å². The van der Waals surface area contributed by atoms with Gasteiger partial charge in [-0.1, -0.05) is 13.8 Å². The normalized spacial score (nSPS) is 23.8. The van der Waals surface area contributed by atoms with Crippen LogP contribution in [0.4, 0.5) is 0 Å². The van der Waals surface area contributed by atoms with Gasteiger partial charge in [0.1, 0.15) is 6.61 Å². The van der Waals surface area contributed by atoms with Crippen molar-refractivity contribution in [3.8, 4) is 0 Å². The van der Waals surface area contributed by atoms with Crippen LogP contribution < -0.4 is 0 Å². The highest BCUT2D eigenvalue weighted by Gasteiger charge is 2.51. The molecule has 2 fully saturated rings. The van der Waals surface area contributed by atoms with Crippen LogP contribution in [0.25, 0.3) is 0 Å². The van der Waals surface area contributed by atoms with Crippen molar-refractivity contribution < 1.29 is 18.7 Å². The molecule has 2 aliphatic heterocycles. The number of hydrogen-bond donors (Lipinski definition) is 0. The molecule has 0 bridgehead atoms. The fourth-order valence-corrected chi connectivity index (χ4v) is 3.62. The second kappa shape index (κ2) is 6.57. The third kappa shape index (κ3) is 3.12. The number of carbonyl (C=O) groups is 1. The molecular formula is C16H25N3O4. The minimum absolute atomic E-state index is 0.0180. The lowest BCUT2D eigenvalue weighted by atomic mass is 9.72. The number of methoxy groups -OCH3 is 1. The van der Waals surface area contributed by atoms with Gasteiger partial charge < -0.3 is 18.8 Å². The van der Waals surface area contributed by atoms with Crippen LogP contribution in [0.5, 0.6) is 0 Å². The van der Waals surface area contributed by atoms with Crippen LogP contribution in [0, 0.1) is 5.41 Å². The van der Waals surface area contributed by atoms with Gasteiger partial charge in [0.25, 0.3) is 0 Å². The lowest BCUT2D eigenvalue weighted by Crippen LogP contribution is -2.38. The SMILES string of the molecule is COCC(=O)N1CC(c2nnc(C(C)C)o2)C2(CCOCC2)C1. The van der Waals surface area contributed by atoms with Gasteiger partial charge in [0.05, 0.1) is 5.92 Å². The van der Waals surface area contributed by atoms with Crippen molar-refractivity contribution in [1.29, 1.82) is 0 Å². The Bertz CT molecular complexity index is 551. The first kappa shape index (κ1) is 16.4. The van der Waals surface area contributed by atoms with Crippen molar-refractivity contribution >= 4 is 5.91 Å². The second-order valence-electron chi connectivity index (χ2n) is 6.87. The molecule has 3 heterocycles. The molecular weight excluding hydrogens is 298 g/mol. The highest BCUT2D eigenvalue weighted by atomic mass is 16.5. The van der Waals surface area contributed by atoms with E-state index in [1.165, 1.54) is 0 Å². The van der Waals surface area contributed by atoms with E-state index in [9.17, 15) is 4.79 Å². The largest absolute Gasteiger partial charge is 0.425 e. The second-order valence-corrected chi connectivity index (χ2v) is 6.87. The summed E-state index contributed by atoms with van der Waals surface area (Å²) in [4.78, 5) is 14.1. The maximum atomic E-state index is 12.3. The number of ether oxygens (including phenoxy) is 2. The van der Waals surface area contributed by atoms with Crippen molar-refractivity contribution in [3.05, 3.63) is 11.8 Å². The van der Waals surface area contributed by atoms with E-state index in [1.54, 1.807) is 7.11 Å². The quantitative estimate of drug-likeness (QED) is 0.837. The Kier molecular flexibility index (Phi) is 4.68. The summed E-state index contributed by atoms with van der Waals surface area (Å²) in [5.41, 5.74) is -0.0254. The predicted octanol–water partition coefficient (Wildman–Crippen LogP) is 1.56. The van der Waals surface area contributed by atoms with Crippen LogP contribution in [0.3, 0.4) is 0 Å². The molecule has 2 saturated heterocycles. The smallest absolute Gasteiger partial charge is 0.248 e. The highest BCUT2D eigenvalue weighted by Crippen LogP contribution is 2.49. The van der Waals surface area contributed by atoms with E-state index in [2.05, 4.69) is 10.2 Å². The maximum absolute atomic E-state index is 12.3. The van der Waals surface area contributed by atoms with Crippen LogP contribution in [0.15, 0.2) is 4.42 Å². The first-order valence-electron chi connectivity index (χ1n) is 8.23. The van der Waals surface area contributed by atoms with Crippen LogP contribution in [-0.4, -0.2) is 61.0 Å². The molecule has 2 aliphatic rings. The Hall–Kier alpha value is -1.47. The van der Waals surface area contributed by atoms with Gasteiger partial charge in [-0.15, -0.1) is 10.2 Å². The minimum Gasteiger partial charge on any atom is -0.425 e. The molecule has 7 heteroatoms. The zero-order valence-electron chi connectivity index (χ0n) is 14.1. The Morgan fingerprint density at radius 1 is 1.39 bits per heavy atom. The molecule has 1 atom stereocenters. The average molecular weight is 323 g/mol. The molecule has 3 rings (SSSR count). The summed E-state index contributed by atoms with van der Waals surface area (Å²) in [6.07, 6.45) is 1.82. The first-order chi connectivity index (χ1) is 11.1. The fraction of sp³-hybridized carbons (Fsp3) is 0.812. The minimum atomic E-state index is -0.0254. The summed E-state index contributed by atoms with van der Waals surface area (Å²) in [7, 11) is 1.54. The summed E-state index contributed by atoms with van der Waals surface area (Å²) in [6.45, 7) is 6.93. The number of aromatic nitrogens is 2.